The van der Waals surface area contributed by atoms with Crippen molar-refractivity contribution in [2.75, 3.05) is 5.73 Å². The highest BCUT2D eigenvalue weighted by Gasteiger charge is 2.12. The quantitative estimate of drug-likeness (QED) is 0.543. The van der Waals surface area contributed by atoms with Crippen molar-refractivity contribution in [1.82, 2.24) is 4.98 Å². The molecule has 4 nitrogen and oxygen atoms in total. The van der Waals surface area contributed by atoms with Gasteiger partial charge >= 0.3 is 0 Å². The Kier molecular flexibility index (Phi) is 2.69. The first-order valence-electron chi connectivity index (χ1n) is 6.91. The van der Waals surface area contributed by atoms with Crippen LogP contribution in [0, 0.1) is 0 Å². The molecule has 2 N–H and O–H groups in total. The molecule has 2 aromatic heterocycles. The van der Waals surface area contributed by atoms with Gasteiger partial charge in [-0.15, -0.1) is 0 Å². The van der Waals surface area contributed by atoms with Gasteiger partial charge in [-0.25, -0.2) is 0 Å². The number of para-hydroxylation sites is 1. The van der Waals surface area contributed by atoms with E-state index >= 15 is 0 Å². The zero-order valence-corrected chi connectivity index (χ0v) is 11.6. The van der Waals surface area contributed by atoms with Crippen molar-refractivity contribution in [3.63, 3.8) is 0 Å². The normalized spacial score (nSPS) is 11.1. The fourth-order valence-corrected chi connectivity index (χ4v) is 2.59. The van der Waals surface area contributed by atoms with Crippen molar-refractivity contribution in [2.45, 2.75) is 0 Å². The van der Waals surface area contributed by atoms with E-state index in [-0.39, 0.29) is 11.1 Å². The average molecular weight is 288 g/mol. The predicted octanol–water partition coefficient (Wildman–Crippen LogP) is 3.59. The third-order valence-corrected chi connectivity index (χ3v) is 3.68. The van der Waals surface area contributed by atoms with Crippen LogP contribution in [-0.2, 0) is 0 Å². The largest absolute Gasteiger partial charge is 0.437 e. The summed E-state index contributed by atoms with van der Waals surface area (Å²) in [6, 6.07) is 18.5. The highest BCUT2D eigenvalue weighted by atomic mass is 16.3. The highest BCUT2D eigenvalue weighted by Crippen LogP contribution is 2.28. The SMILES string of the molecule is Nc1nc2oc3ccccc3c(=O)c2cc1-c1ccccc1. The zero-order chi connectivity index (χ0) is 15.1. The van der Waals surface area contributed by atoms with E-state index in [0.717, 1.165) is 11.1 Å². The molecule has 0 unspecified atom stereocenters. The number of anilines is 1. The van der Waals surface area contributed by atoms with E-state index < -0.39 is 0 Å². The first-order chi connectivity index (χ1) is 10.7. The maximum atomic E-state index is 12.6. The average Bonchev–Trinajstić information content (AvgIpc) is 2.55. The number of nitrogen functional groups attached to an aromatic ring is 1. The molecular formula is C18H12N2O2. The second kappa shape index (κ2) is 4.70. The Labute approximate surface area is 125 Å². The number of rotatable bonds is 1. The van der Waals surface area contributed by atoms with Gasteiger partial charge in [-0.1, -0.05) is 42.5 Å². The number of nitrogens with two attached hydrogens (primary N) is 1. The van der Waals surface area contributed by atoms with Gasteiger partial charge in [-0.2, -0.15) is 4.98 Å². The lowest BCUT2D eigenvalue weighted by Gasteiger charge is -2.07. The smallest absolute Gasteiger partial charge is 0.232 e. The van der Waals surface area contributed by atoms with Gasteiger partial charge in [0.05, 0.1) is 10.8 Å². The molecule has 0 amide bonds. The molecule has 0 fully saturated rings. The summed E-state index contributed by atoms with van der Waals surface area (Å²) in [5.41, 5.74) is 8.37. The molecule has 0 bridgehead atoms. The van der Waals surface area contributed by atoms with Gasteiger partial charge in [0.1, 0.15) is 11.4 Å². The number of benzene rings is 2. The van der Waals surface area contributed by atoms with Crippen molar-refractivity contribution in [1.29, 1.82) is 0 Å². The summed E-state index contributed by atoms with van der Waals surface area (Å²) >= 11 is 0. The number of aromatic nitrogens is 1. The molecule has 0 aliphatic heterocycles. The maximum absolute atomic E-state index is 12.6. The Hall–Kier alpha value is -3.14. The molecule has 106 valence electrons. The Balaban J connectivity index is 2.11. The number of nitrogens with zero attached hydrogens (tertiary/aromatic N) is 1. The second-order valence-corrected chi connectivity index (χ2v) is 5.07. The first kappa shape index (κ1) is 12.6. The van der Waals surface area contributed by atoms with Crippen LogP contribution in [0.3, 0.4) is 0 Å². The van der Waals surface area contributed by atoms with Crippen LogP contribution in [0.2, 0.25) is 0 Å². The van der Waals surface area contributed by atoms with Crippen LogP contribution in [0.4, 0.5) is 5.82 Å². The van der Waals surface area contributed by atoms with Crippen LogP contribution in [-0.4, -0.2) is 4.98 Å². The third-order valence-electron chi connectivity index (χ3n) is 3.68. The molecule has 4 aromatic rings. The molecule has 22 heavy (non-hydrogen) atoms. The fraction of sp³-hybridized carbons (Fsp3) is 0. The summed E-state index contributed by atoms with van der Waals surface area (Å²) in [6.07, 6.45) is 0. The van der Waals surface area contributed by atoms with E-state index in [1.165, 1.54) is 0 Å². The molecule has 4 heteroatoms. The van der Waals surface area contributed by atoms with Gasteiger partial charge in [0, 0.05) is 5.56 Å². The van der Waals surface area contributed by atoms with E-state index in [2.05, 4.69) is 4.98 Å². The summed E-state index contributed by atoms with van der Waals surface area (Å²) in [5.74, 6) is 0.345. The van der Waals surface area contributed by atoms with Crippen molar-refractivity contribution in [2.24, 2.45) is 0 Å². The topological polar surface area (TPSA) is 69.1 Å². The van der Waals surface area contributed by atoms with Crippen LogP contribution in [0.1, 0.15) is 0 Å². The van der Waals surface area contributed by atoms with E-state index in [1.807, 2.05) is 42.5 Å². The van der Waals surface area contributed by atoms with Crippen molar-refractivity contribution in [3.05, 3.63) is 70.9 Å². The van der Waals surface area contributed by atoms with Gasteiger partial charge in [0.25, 0.3) is 0 Å². The molecule has 0 aliphatic rings. The first-order valence-corrected chi connectivity index (χ1v) is 6.91. The highest BCUT2D eigenvalue weighted by molar-refractivity contribution is 5.92. The van der Waals surface area contributed by atoms with E-state index in [9.17, 15) is 4.79 Å². The van der Waals surface area contributed by atoms with E-state index in [1.54, 1.807) is 18.2 Å². The number of hydrogen-bond acceptors (Lipinski definition) is 4. The summed E-state index contributed by atoms with van der Waals surface area (Å²) in [5, 5.41) is 0.979. The van der Waals surface area contributed by atoms with Crippen LogP contribution in [0.15, 0.2) is 69.9 Å². The Bertz CT molecular complexity index is 1050. The molecule has 0 spiro atoms. The summed E-state index contributed by atoms with van der Waals surface area (Å²) in [6.45, 7) is 0. The van der Waals surface area contributed by atoms with Crippen LogP contribution in [0.5, 0.6) is 0 Å². The van der Waals surface area contributed by atoms with Gasteiger partial charge < -0.3 is 10.2 Å². The van der Waals surface area contributed by atoms with Crippen LogP contribution < -0.4 is 11.2 Å². The molecule has 2 aromatic carbocycles. The summed E-state index contributed by atoms with van der Waals surface area (Å²) < 4.78 is 5.71. The minimum absolute atomic E-state index is 0.0958. The Morgan fingerprint density at radius 1 is 0.909 bits per heavy atom. The third kappa shape index (κ3) is 1.85. The molecule has 0 saturated heterocycles. The van der Waals surface area contributed by atoms with Gasteiger partial charge in [0.2, 0.25) is 11.1 Å². The van der Waals surface area contributed by atoms with Crippen molar-refractivity contribution in [3.8, 4) is 11.1 Å². The summed E-state index contributed by atoms with van der Waals surface area (Å²) in [7, 11) is 0. The fourth-order valence-electron chi connectivity index (χ4n) is 2.59. The monoisotopic (exact) mass is 288 g/mol. The molecule has 0 atom stereocenters. The zero-order valence-electron chi connectivity index (χ0n) is 11.6. The van der Waals surface area contributed by atoms with Crippen molar-refractivity contribution < 1.29 is 4.42 Å². The van der Waals surface area contributed by atoms with E-state index in [4.69, 9.17) is 10.2 Å². The maximum Gasteiger partial charge on any atom is 0.232 e. The minimum atomic E-state index is -0.0958. The van der Waals surface area contributed by atoms with Crippen molar-refractivity contribution >= 4 is 27.9 Å². The van der Waals surface area contributed by atoms with E-state index in [0.29, 0.717) is 22.2 Å². The number of pyridine rings is 1. The molecule has 4 rings (SSSR count). The lowest BCUT2D eigenvalue weighted by molar-refractivity contribution is 0.645. The summed E-state index contributed by atoms with van der Waals surface area (Å²) in [4.78, 5) is 16.9. The molecule has 0 radical (unpaired) electrons. The standard InChI is InChI=1S/C18H12N2O2/c19-17-13(11-6-2-1-3-7-11)10-14-16(21)12-8-4-5-9-15(12)22-18(14)20-17/h1-10H,(H2,19,20). The molecular weight excluding hydrogens is 276 g/mol. The van der Waals surface area contributed by atoms with Gasteiger partial charge in [0.15, 0.2) is 0 Å². The van der Waals surface area contributed by atoms with Gasteiger partial charge in [-0.3, -0.25) is 4.79 Å². The molecule has 0 aliphatic carbocycles. The number of hydrogen-bond donors (Lipinski definition) is 1. The minimum Gasteiger partial charge on any atom is -0.437 e. The Morgan fingerprint density at radius 3 is 2.45 bits per heavy atom. The Morgan fingerprint density at radius 2 is 1.64 bits per heavy atom. The lowest BCUT2D eigenvalue weighted by atomic mass is 10.0. The van der Waals surface area contributed by atoms with Crippen LogP contribution >= 0.6 is 0 Å². The van der Waals surface area contributed by atoms with Crippen LogP contribution in [0.25, 0.3) is 33.2 Å². The molecule has 0 saturated carbocycles. The number of fused-ring (bicyclic) bond motifs is 2. The van der Waals surface area contributed by atoms with Gasteiger partial charge in [-0.05, 0) is 23.8 Å². The lowest BCUT2D eigenvalue weighted by Crippen LogP contribution is -2.05. The molecule has 2 heterocycles. The second-order valence-electron chi connectivity index (χ2n) is 5.07. The predicted molar refractivity (Wildman–Crippen MR) is 87.6 cm³/mol.